The van der Waals surface area contributed by atoms with E-state index >= 15 is 0 Å². The first-order valence-corrected chi connectivity index (χ1v) is 7.26. The molecule has 0 aliphatic carbocycles. The van der Waals surface area contributed by atoms with E-state index < -0.39 is 5.97 Å². The third-order valence-electron chi connectivity index (χ3n) is 3.25. The molecule has 0 radical (unpaired) electrons. The van der Waals surface area contributed by atoms with Gasteiger partial charge in [-0.2, -0.15) is 0 Å². The summed E-state index contributed by atoms with van der Waals surface area (Å²) in [5, 5.41) is 20.6. The number of hydrogen-bond acceptors (Lipinski definition) is 3. The van der Waals surface area contributed by atoms with Gasteiger partial charge in [-0.15, -0.1) is 0 Å². The first-order chi connectivity index (χ1) is 9.97. The maximum Gasteiger partial charge on any atom is 0.303 e. The van der Waals surface area contributed by atoms with Gasteiger partial charge < -0.3 is 15.5 Å². The Morgan fingerprint density at radius 1 is 1.14 bits per heavy atom. The van der Waals surface area contributed by atoms with Gasteiger partial charge in [0.05, 0.1) is 0 Å². The molecule has 1 aromatic carbocycles. The molecule has 0 saturated heterocycles. The molecular weight excluding hydrogens is 270 g/mol. The molecule has 0 aliphatic heterocycles. The maximum atomic E-state index is 11.7. The van der Waals surface area contributed by atoms with Crippen LogP contribution in [0.15, 0.2) is 24.3 Å². The third kappa shape index (κ3) is 7.97. The lowest BCUT2D eigenvalue weighted by molar-refractivity contribution is -0.137. The SMILES string of the molecule is CC(CCc1ccc(O)cc1)NC(=O)CCCCC(=O)O. The average molecular weight is 293 g/mol. The highest BCUT2D eigenvalue weighted by molar-refractivity contribution is 5.76. The number of aromatic hydroxyl groups is 1. The summed E-state index contributed by atoms with van der Waals surface area (Å²) < 4.78 is 0. The predicted octanol–water partition coefficient (Wildman–Crippen LogP) is 2.47. The number of nitrogens with one attached hydrogen (secondary N) is 1. The van der Waals surface area contributed by atoms with Crippen LogP contribution < -0.4 is 5.32 Å². The minimum absolute atomic E-state index is 0.0291. The van der Waals surface area contributed by atoms with Crippen LogP contribution in [0.3, 0.4) is 0 Å². The van der Waals surface area contributed by atoms with Gasteiger partial charge in [0.15, 0.2) is 0 Å². The topological polar surface area (TPSA) is 86.6 Å². The van der Waals surface area contributed by atoms with Crippen LogP contribution in [-0.4, -0.2) is 28.1 Å². The number of carboxylic acids is 1. The van der Waals surface area contributed by atoms with E-state index in [1.807, 2.05) is 19.1 Å². The second-order valence-corrected chi connectivity index (χ2v) is 5.27. The van der Waals surface area contributed by atoms with Crippen LogP contribution in [0.25, 0.3) is 0 Å². The standard InChI is InChI=1S/C16H23NO4/c1-12(6-7-13-8-10-14(18)11-9-13)17-15(19)4-2-3-5-16(20)21/h8-12,18H,2-7H2,1H3,(H,17,19)(H,20,21). The van der Waals surface area contributed by atoms with E-state index in [4.69, 9.17) is 5.11 Å². The predicted molar refractivity (Wildman–Crippen MR) is 80.1 cm³/mol. The molecular formula is C16H23NO4. The molecule has 116 valence electrons. The van der Waals surface area contributed by atoms with Crippen molar-refractivity contribution in [2.75, 3.05) is 0 Å². The van der Waals surface area contributed by atoms with Crippen LogP contribution >= 0.6 is 0 Å². The molecule has 0 heterocycles. The van der Waals surface area contributed by atoms with Crippen LogP contribution in [0.1, 0.15) is 44.6 Å². The van der Waals surface area contributed by atoms with Gasteiger partial charge in [-0.05, 0) is 50.3 Å². The number of aliphatic carboxylic acids is 1. The van der Waals surface area contributed by atoms with Gasteiger partial charge in [-0.1, -0.05) is 12.1 Å². The zero-order valence-electron chi connectivity index (χ0n) is 12.3. The molecule has 1 unspecified atom stereocenters. The number of rotatable bonds is 9. The quantitative estimate of drug-likeness (QED) is 0.610. The Labute approximate surface area is 125 Å². The van der Waals surface area contributed by atoms with Crippen molar-refractivity contribution < 1.29 is 19.8 Å². The first kappa shape index (κ1) is 17.0. The summed E-state index contributed by atoms with van der Waals surface area (Å²) in [5.41, 5.74) is 1.12. The van der Waals surface area contributed by atoms with Crippen molar-refractivity contribution in [3.05, 3.63) is 29.8 Å². The summed E-state index contributed by atoms with van der Waals surface area (Å²) in [6.07, 6.45) is 3.28. The Balaban J connectivity index is 2.17. The number of aryl methyl sites for hydroxylation is 1. The first-order valence-electron chi connectivity index (χ1n) is 7.26. The molecule has 1 rings (SSSR count). The molecule has 3 N–H and O–H groups in total. The second kappa shape index (κ2) is 9.00. The second-order valence-electron chi connectivity index (χ2n) is 5.27. The molecule has 0 aliphatic rings. The number of hydrogen-bond donors (Lipinski definition) is 3. The molecule has 0 spiro atoms. The summed E-state index contributed by atoms with van der Waals surface area (Å²) in [5.74, 6) is -0.599. The molecule has 1 amide bonds. The molecule has 5 nitrogen and oxygen atoms in total. The fraction of sp³-hybridized carbons (Fsp3) is 0.500. The maximum absolute atomic E-state index is 11.7. The lowest BCUT2D eigenvalue weighted by atomic mass is 10.1. The molecule has 0 fully saturated rings. The fourth-order valence-corrected chi connectivity index (χ4v) is 2.03. The van der Waals surface area contributed by atoms with Gasteiger partial charge in [0.2, 0.25) is 5.91 Å². The Hall–Kier alpha value is -2.04. The van der Waals surface area contributed by atoms with Crippen LogP contribution in [0, 0.1) is 0 Å². The minimum Gasteiger partial charge on any atom is -0.508 e. The van der Waals surface area contributed by atoms with E-state index in [0.29, 0.717) is 19.3 Å². The van der Waals surface area contributed by atoms with Crippen molar-refractivity contribution in [1.29, 1.82) is 0 Å². The molecule has 0 aromatic heterocycles. The van der Waals surface area contributed by atoms with Crippen molar-refractivity contribution in [1.82, 2.24) is 5.32 Å². The summed E-state index contributed by atoms with van der Waals surface area (Å²) in [6.45, 7) is 1.95. The van der Waals surface area contributed by atoms with Gasteiger partial charge in [0.1, 0.15) is 5.75 Å². The van der Waals surface area contributed by atoms with Crippen molar-refractivity contribution in [3.63, 3.8) is 0 Å². The van der Waals surface area contributed by atoms with E-state index in [2.05, 4.69) is 5.32 Å². The van der Waals surface area contributed by atoms with Gasteiger partial charge in [-0.3, -0.25) is 9.59 Å². The van der Waals surface area contributed by atoms with Crippen LogP contribution in [0.4, 0.5) is 0 Å². The number of unbranched alkanes of at least 4 members (excludes halogenated alkanes) is 1. The fourth-order valence-electron chi connectivity index (χ4n) is 2.03. The highest BCUT2D eigenvalue weighted by Crippen LogP contribution is 2.12. The molecule has 0 bridgehead atoms. The molecule has 1 aromatic rings. The summed E-state index contributed by atoms with van der Waals surface area (Å²) in [7, 11) is 0. The zero-order valence-corrected chi connectivity index (χ0v) is 12.3. The van der Waals surface area contributed by atoms with Crippen molar-refractivity contribution >= 4 is 11.9 Å². The average Bonchev–Trinajstić information content (AvgIpc) is 2.43. The van der Waals surface area contributed by atoms with Gasteiger partial charge in [0, 0.05) is 18.9 Å². The number of amides is 1. The highest BCUT2D eigenvalue weighted by atomic mass is 16.4. The lowest BCUT2D eigenvalue weighted by Crippen LogP contribution is -2.32. The van der Waals surface area contributed by atoms with Crippen LogP contribution in [-0.2, 0) is 16.0 Å². The van der Waals surface area contributed by atoms with E-state index in [1.165, 1.54) is 0 Å². The third-order valence-corrected chi connectivity index (χ3v) is 3.25. The Morgan fingerprint density at radius 3 is 2.38 bits per heavy atom. The number of benzene rings is 1. The van der Waals surface area contributed by atoms with E-state index in [-0.39, 0.29) is 24.1 Å². The summed E-state index contributed by atoms with van der Waals surface area (Å²) in [4.78, 5) is 22.0. The molecule has 21 heavy (non-hydrogen) atoms. The van der Waals surface area contributed by atoms with Crippen LogP contribution in [0.5, 0.6) is 5.75 Å². The number of phenolic OH excluding ortho intramolecular Hbond substituents is 1. The van der Waals surface area contributed by atoms with Crippen molar-refractivity contribution in [3.8, 4) is 5.75 Å². The van der Waals surface area contributed by atoms with E-state index in [0.717, 1.165) is 18.4 Å². The van der Waals surface area contributed by atoms with Gasteiger partial charge >= 0.3 is 5.97 Å². The van der Waals surface area contributed by atoms with E-state index in [9.17, 15) is 14.7 Å². The number of carbonyl (C=O) groups is 2. The van der Waals surface area contributed by atoms with Crippen molar-refractivity contribution in [2.45, 2.75) is 51.5 Å². The van der Waals surface area contributed by atoms with Gasteiger partial charge in [-0.25, -0.2) is 0 Å². The summed E-state index contributed by atoms with van der Waals surface area (Å²) >= 11 is 0. The zero-order chi connectivity index (χ0) is 15.7. The monoisotopic (exact) mass is 293 g/mol. The number of carbonyl (C=O) groups excluding carboxylic acids is 1. The number of phenols is 1. The van der Waals surface area contributed by atoms with Gasteiger partial charge in [0.25, 0.3) is 0 Å². The summed E-state index contributed by atoms with van der Waals surface area (Å²) in [6, 6.07) is 7.12. The van der Waals surface area contributed by atoms with Crippen molar-refractivity contribution in [2.24, 2.45) is 0 Å². The molecule has 1 atom stereocenters. The normalized spacial score (nSPS) is 11.9. The molecule has 0 saturated carbocycles. The highest BCUT2D eigenvalue weighted by Gasteiger charge is 2.08. The van der Waals surface area contributed by atoms with E-state index in [1.54, 1.807) is 12.1 Å². The Kier molecular flexibility index (Phi) is 7.29. The molecule has 5 heteroatoms. The smallest absolute Gasteiger partial charge is 0.303 e. The Bertz CT molecular complexity index is 456. The lowest BCUT2D eigenvalue weighted by Gasteiger charge is -2.13. The van der Waals surface area contributed by atoms with Crippen LogP contribution in [0.2, 0.25) is 0 Å². The largest absolute Gasteiger partial charge is 0.508 e. The Morgan fingerprint density at radius 2 is 1.76 bits per heavy atom. The number of carboxylic acid groups (broad SMARTS) is 1. The minimum atomic E-state index is -0.822.